The van der Waals surface area contributed by atoms with Crippen LogP contribution in [0, 0.1) is 0 Å². The molecule has 0 bridgehead atoms. The van der Waals surface area contributed by atoms with Gasteiger partial charge in [0, 0.05) is 5.39 Å². The third kappa shape index (κ3) is 3.80. The highest BCUT2D eigenvalue weighted by Gasteiger charge is 2.12. The molecule has 1 aromatic heterocycles. The SMILES string of the molecule is CCC(CO)Nc1nc(Nc2ccccc2OC)nc2ccccc12. The van der Waals surface area contributed by atoms with Gasteiger partial charge in [-0.05, 0) is 30.7 Å². The molecule has 0 amide bonds. The van der Waals surface area contributed by atoms with Gasteiger partial charge in [-0.2, -0.15) is 4.98 Å². The molecule has 2 aromatic carbocycles. The molecule has 3 rings (SSSR count). The third-order valence-corrected chi connectivity index (χ3v) is 4.01. The van der Waals surface area contributed by atoms with Crippen molar-refractivity contribution in [1.29, 1.82) is 0 Å². The minimum atomic E-state index is -0.0579. The van der Waals surface area contributed by atoms with Crippen molar-refractivity contribution in [2.45, 2.75) is 19.4 Å². The standard InChI is InChI=1S/C19H22N4O2/c1-3-13(12-24)20-18-14-8-4-5-9-15(14)21-19(23-18)22-16-10-6-7-11-17(16)25-2/h4-11,13,24H,3,12H2,1-2H3,(H2,20,21,22,23). The Labute approximate surface area is 146 Å². The largest absolute Gasteiger partial charge is 0.495 e. The quantitative estimate of drug-likeness (QED) is 0.611. The van der Waals surface area contributed by atoms with E-state index in [1.54, 1.807) is 7.11 Å². The number of nitrogens with zero attached hydrogens (tertiary/aromatic N) is 2. The summed E-state index contributed by atoms with van der Waals surface area (Å²) >= 11 is 0. The van der Waals surface area contributed by atoms with Gasteiger partial charge in [-0.15, -0.1) is 0 Å². The first-order valence-corrected chi connectivity index (χ1v) is 8.29. The molecule has 25 heavy (non-hydrogen) atoms. The lowest BCUT2D eigenvalue weighted by Crippen LogP contribution is -2.23. The van der Waals surface area contributed by atoms with Gasteiger partial charge in [-0.25, -0.2) is 4.98 Å². The van der Waals surface area contributed by atoms with Gasteiger partial charge < -0.3 is 20.5 Å². The summed E-state index contributed by atoms with van der Waals surface area (Å²) < 4.78 is 5.37. The highest BCUT2D eigenvalue weighted by Crippen LogP contribution is 2.28. The Morgan fingerprint density at radius 1 is 1.08 bits per heavy atom. The zero-order chi connectivity index (χ0) is 17.6. The molecule has 1 heterocycles. The van der Waals surface area contributed by atoms with Crippen molar-refractivity contribution < 1.29 is 9.84 Å². The maximum atomic E-state index is 9.49. The van der Waals surface area contributed by atoms with Crippen LogP contribution in [0.2, 0.25) is 0 Å². The Hall–Kier alpha value is -2.86. The van der Waals surface area contributed by atoms with Crippen LogP contribution < -0.4 is 15.4 Å². The molecule has 3 N–H and O–H groups in total. The van der Waals surface area contributed by atoms with E-state index in [0.29, 0.717) is 11.8 Å². The molecule has 1 unspecified atom stereocenters. The van der Waals surface area contributed by atoms with E-state index in [1.165, 1.54) is 0 Å². The minimum absolute atomic E-state index is 0.0457. The van der Waals surface area contributed by atoms with Crippen LogP contribution in [0.4, 0.5) is 17.5 Å². The van der Waals surface area contributed by atoms with Gasteiger partial charge in [0.25, 0.3) is 0 Å². The molecule has 0 saturated carbocycles. The molecule has 1 atom stereocenters. The minimum Gasteiger partial charge on any atom is -0.495 e. The number of anilines is 3. The molecule has 0 fully saturated rings. The fraction of sp³-hybridized carbons (Fsp3) is 0.263. The summed E-state index contributed by atoms with van der Waals surface area (Å²) in [5.41, 5.74) is 1.62. The molecule has 0 aliphatic heterocycles. The van der Waals surface area contributed by atoms with Gasteiger partial charge in [-0.3, -0.25) is 0 Å². The van der Waals surface area contributed by atoms with Gasteiger partial charge in [-0.1, -0.05) is 31.2 Å². The van der Waals surface area contributed by atoms with Gasteiger partial charge in [0.15, 0.2) is 0 Å². The van der Waals surface area contributed by atoms with Gasteiger partial charge in [0.2, 0.25) is 5.95 Å². The predicted molar refractivity (Wildman–Crippen MR) is 101 cm³/mol. The average molecular weight is 338 g/mol. The number of para-hydroxylation sites is 3. The maximum absolute atomic E-state index is 9.49. The van der Waals surface area contributed by atoms with Crippen LogP contribution in [0.3, 0.4) is 0 Å². The van der Waals surface area contributed by atoms with E-state index in [2.05, 4.69) is 20.6 Å². The lowest BCUT2D eigenvalue weighted by molar-refractivity contribution is 0.271. The zero-order valence-electron chi connectivity index (χ0n) is 14.4. The number of hydrogen-bond donors (Lipinski definition) is 3. The van der Waals surface area contributed by atoms with Crippen molar-refractivity contribution >= 4 is 28.4 Å². The first kappa shape index (κ1) is 17.0. The average Bonchev–Trinajstić information content (AvgIpc) is 2.66. The molecule has 0 saturated heterocycles. The number of fused-ring (bicyclic) bond motifs is 1. The molecule has 6 nitrogen and oxygen atoms in total. The van der Waals surface area contributed by atoms with Crippen LogP contribution in [-0.4, -0.2) is 34.8 Å². The Morgan fingerprint density at radius 3 is 2.60 bits per heavy atom. The number of ether oxygens (including phenoxy) is 1. The highest BCUT2D eigenvalue weighted by molar-refractivity contribution is 5.90. The molecule has 3 aromatic rings. The molecular weight excluding hydrogens is 316 g/mol. The van der Waals surface area contributed by atoms with Crippen molar-refractivity contribution in [1.82, 2.24) is 9.97 Å². The number of nitrogens with one attached hydrogen (secondary N) is 2. The Morgan fingerprint density at radius 2 is 1.84 bits per heavy atom. The van der Waals surface area contributed by atoms with E-state index in [-0.39, 0.29) is 12.6 Å². The zero-order valence-corrected chi connectivity index (χ0v) is 14.4. The Kier molecular flexibility index (Phi) is 5.30. The number of methoxy groups -OCH3 is 1. The molecule has 0 aliphatic carbocycles. The van der Waals surface area contributed by atoms with Crippen molar-refractivity contribution in [2.24, 2.45) is 0 Å². The van der Waals surface area contributed by atoms with Gasteiger partial charge >= 0.3 is 0 Å². The van der Waals surface area contributed by atoms with E-state index in [0.717, 1.165) is 28.8 Å². The van der Waals surface area contributed by atoms with Crippen molar-refractivity contribution in [3.05, 3.63) is 48.5 Å². The fourth-order valence-corrected chi connectivity index (χ4v) is 2.58. The number of aliphatic hydroxyl groups excluding tert-OH is 1. The number of aromatic nitrogens is 2. The monoisotopic (exact) mass is 338 g/mol. The van der Waals surface area contributed by atoms with Gasteiger partial charge in [0.05, 0.1) is 31.0 Å². The molecule has 0 aliphatic rings. The van der Waals surface area contributed by atoms with Crippen LogP contribution in [0.15, 0.2) is 48.5 Å². The van der Waals surface area contributed by atoms with Crippen LogP contribution in [0.5, 0.6) is 5.75 Å². The summed E-state index contributed by atoms with van der Waals surface area (Å²) in [4.78, 5) is 9.19. The second-order valence-corrected chi connectivity index (χ2v) is 5.67. The van der Waals surface area contributed by atoms with Gasteiger partial charge in [0.1, 0.15) is 11.6 Å². The lowest BCUT2D eigenvalue weighted by atomic mass is 10.2. The summed E-state index contributed by atoms with van der Waals surface area (Å²) in [6.07, 6.45) is 0.796. The molecule has 0 radical (unpaired) electrons. The molecule has 0 spiro atoms. The van der Waals surface area contributed by atoms with E-state index >= 15 is 0 Å². The number of benzene rings is 2. The molecular formula is C19H22N4O2. The first-order chi connectivity index (χ1) is 12.2. The lowest BCUT2D eigenvalue weighted by Gasteiger charge is -2.17. The normalized spacial score (nSPS) is 12.0. The number of aliphatic hydroxyl groups is 1. The Balaban J connectivity index is 2.01. The van der Waals surface area contributed by atoms with E-state index in [4.69, 9.17) is 4.74 Å². The topological polar surface area (TPSA) is 79.3 Å². The summed E-state index contributed by atoms with van der Waals surface area (Å²) in [5.74, 6) is 1.89. The van der Waals surface area contributed by atoms with E-state index in [1.807, 2.05) is 55.5 Å². The smallest absolute Gasteiger partial charge is 0.229 e. The van der Waals surface area contributed by atoms with E-state index < -0.39 is 0 Å². The number of rotatable bonds is 7. The summed E-state index contributed by atoms with van der Waals surface area (Å²) in [6, 6.07) is 15.4. The van der Waals surface area contributed by atoms with Crippen LogP contribution in [-0.2, 0) is 0 Å². The summed E-state index contributed by atoms with van der Waals surface area (Å²) in [6.45, 7) is 2.06. The maximum Gasteiger partial charge on any atom is 0.229 e. The van der Waals surface area contributed by atoms with Crippen LogP contribution in [0.1, 0.15) is 13.3 Å². The molecule has 6 heteroatoms. The van der Waals surface area contributed by atoms with Crippen LogP contribution >= 0.6 is 0 Å². The summed E-state index contributed by atoms with van der Waals surface area (Å²) in [7, 11) is 1.63. The predicted octanol–water partition coefficient (Wildman–Crippen LogP) is 3.56. The van der Waals surface area contributed by atoms with Crippen molar-refractivity contribution in [3.8, 4) is 5.75 Å². The third-order valence-electron chi connectivity index (χ3n) is 4.01. The Bertz CT molecular complexity index is 850. The van der Waals surface area contributed by atoms with Crippen molar-refractivity contribution in [3.63, 3.8) is 0 Å². The second kappa shape index (κ2) is 7.81. The number of hydrogen-bond acceptors (Lipinski definition) is 6. The first-order valence-electron chi connectivity index (χ1n) is 8.29. The fourth-order valence-electron chi connectivity index (χ4n) is 2.58. The van der Waals surface area contributed by atoms with Crippen molar-refractivity contribution in [2.75, 3.05) is 24.4 Å². The second-order valence-electron chi connectivity index (χ2n) is 5.67. The summed E-state index contributed by atoms with van der Waals surface area (Å²) in [5, 5.41) is 16.9. The van der Waals surface area contributed by atoms with Crippen LogP contribution in [0.25, 0.3) is 10.9 Å². The molecule has 130 valence electrons. The van der Waals surface area contributed by atoms with E-state index in [9.17, 15) is 5.11 Å². The highest BCUT2D eigenvalue weighted by atomic mass is 16.5.